The Morgan fingerprint density at radius 3 is 2.80 bits per heavy atom. The van der Waals surface area contributed by atoms with Gasteiger partial charge in [-0.25, -0.2) is 4.39 Å². The number of benzene rings is 2. The fraction of sp³-hybridized carbons (Fsp3) is 0.304. The number of ether oxygens (including phenoxy) is 1. The van der Waals surface area contributed by atoms with Crippen LogP contribution in [0.1, 0.15) is 30.4 Å². The van der Waals surface area contributed by atoms with Crippen LogP contribution in [-0.2, 0) is 20.9 Å². The van der Waals surface area contributed by atoms with Gasteiger partial charge in [-0.3, -0.25) is 9.59 Å². The Morgan fingerprint density at radius 1 is 1.23 bits per heavy atom. The lowest BCUT2D eigenvalue weighted by Crippen LogP contribution is -2.54. The molecule has 1 aliphatic heterocycles. The summed E-state index contributed by atoms with van der Waals surface area (Å²) >= 11 is 6.00. The third-order valence-electron chi connectivity index (χ3n) is 5.50. The minimum atomic E-state index is -0.305. The summed E-state index contributed by atoms with van der Waals surface area (Å²) in [6, 6.07) is 13.0. The van der Waals surface area contributed by atoms with Crippen molar-refractivity contribution >= 4 is 29.5 Å². The number of nitrogens with one attached hydrogen (secondary N) is 2. The molecular formula is C23H22ClFN2O3. The Kier molecular flexibility index (Phi) is 6.04. The van der Waals surface area contributed by atoms with Gasteiger partial charge < -0.3 is 15.4 Å². The van der Waals surface area contributed by atoms with Gasteiger partial charge in [0, 0.05) is 17.5 Å². The highest BCUT2D eigenvalue weighted by molar-refractivity contribution is 6.30. The maximum atomic E-state index is 13.0. The molecule has 1 saturated carbocycles. The van der Waals surface area contributed by atoms with Gasteiger partial charge in [-0.05, 0) is 60.7 Å². The topological polar surface area (TPSA) is 67.4 Å². The minimum absolute atomic E-state index is 0.0627. The highest BCUT2D eigenvalue weighted by atomic mass is 35.5. The van der Waals surface area contributed by atoms with Gasteiger partial charge in [-0.1, -0.05) is 35.9 Å². The fourth-order valence-electron chi connectivity index (χ4n) is 3.91. The number of amides is 2. The van der Waals surface area contributed by atoms with Gasteiger partial charge in [0.1, 0.15) is 11.9 Å². The smallest absolute Gasteiger partial charge is 0.286 e. The molecule has 3 atom stereocenters. The van der Waals surface area contributed by atoms with Gasteiger partial charge in [0.2, 0.25) is 5.91 Å². The molecule has 0 aromatic heterocycles. The molecule has 3 unspecified atom stereocenters. The quantitative estimate of drug-likeness (QED) is 0.727. The summed E-state index contributed by atoms with van der Waals surface area (Å²) in [6.45, 7) is 0.346. The summed E-state index contributed by atoms with van der Waals surface area (Å²) in [5.41, 5.74) is 1.63. The number of fused-ring (bicyclic) bond motifs is 1. The Bertz CT molecular complexity index is 977. The number of hydrogen-bond acceptors (Lipinski definition) is 3. The molecule has 30 heavy (non-hydrogen) atoms. The number of carbonyl (C=O) groups excluding carboxylic acids is 2. The van der Waals surface area contributed by atoms with Crippen molar-refractivity contribution in [2.24, 2.45) is 5.92 Å². The standard InChI is InChI=1S/C23H22ClFN2O3/c24-17-3-1-2-15(10-17)11-21-23(29)27-19-12-16(6-9-20(19)30-21)22(28)26-13-14-4-7-18(25)8-5-14/h1-5,7-8,10-11,16,19-20H,6,9,12-13H2,(H,26,28)(H,27,29)/b21-11+. The van der Waals surface area contributed by atoms with Crippen molar-refractivity contribution in [3.05, 3.63) is 76.3 Å². The van der Waals surface area contributed by atoms with Crippen LogP contribution in [0.5, 0.6) is 0 Å². The van der Waals surface area contributed by atoms with Gasteiger partial charge in [-0.2, -0.15) is 0 Å². The zero-order valence-electron chi connectivity index (χ0n) is 16.2. The highest BCUT2D eigenvalue weighted by Crippen LogP contribution is 2.31. The van der Waals surface area contributed by atoms with E-state index in [9.17, 15) is 14.0 Å². The van der Waals surface area contributed by atoms with Crippen LogP contribution in [0, 0.1) is 11.7 Å². The number of carbonyl (C=O) groups is 2. The molecule has 2 aromatic carbocycles. The van der Waals surface area contributed by atoms with E-state index in [1.807, 2.05) is 12.1 Å². The molecule has 7 heteroatoms. The van der Waals surface area contributed by atoms with Crippen molar-refractivity contribution in [2.75, 3.05) is 0 Å². The number of rotatable bonds is 4. The average Bonchev–Trinajstić information content (AvgIpc) is 2.73. The van der Waals surface area contributed by atoms with E-state index in [4.69, 9.17) is 16.3 Å². The first kappa shape index (κ1) is 20.4. The lowest BCUT2D eigenvalue weighted by atomic mass is 9.82. The van der Waals surface area contributed by atoms with E-state index >= 15 is 0 Å². The first-order valence-electron chi connectivity index (χ1n) is 9.95. The largest absolute Gasteiger partial charge is 0.483 e. The van der Waals surface area contributed by atoms with Crippen LogP contribution in [0.2, 0.25) is 5.02 Å². The summed E-state index contributed by atoms with van der Waals surface area (Å²) in [5.74, 6) is -0.595. The van der Waals surface area contributed by atoms with E-state index in [1.54, 1.807) is 30.3 Å². The number of hydrogen-bond donors (Lipinski definition) is 2. The van der Waals surface area contributed by atoms with E-state index < -0.39 is 0 Å². The van der Waals surface area contributed by atoms with Gasteiger partial charge in [0.05, 0.1) is 6.04 Å². The molecule has 2 fully saturated rings. The van der Waals surface area contributed by atoms with Gasteiger partial charge in [0.25, 0.3) is 5.91 Å². The maximum Gasteiger partial charge on any atom is 0.286 e. The summed E-state index contributed by atoms with van der Waals surface area (Å²) < 4.78 is 18.9. The lowest BCUT2D eigenvalue weighted by Gasteiger charge is -2.39. The second-order valence-corrected chi connectivity index (χ2v) is 8.09. The molecule has 0 spiro atoms. The fourth-order valence-corrected chi connectivity index (χ4v) is 4.11. The molecule has 5 nitrogen and oxygen atoms in total. The van der Waals surface area contributed by atoms with Crippen molar-refractivity contribution in [2.45, 2.75) is 38.0 Å². The predicted molar refractivity (Wildman–Crippen MR) is 112 cm³/mol. The summed E-state index contributed by atoms with van der Waals surface area (Å²) in [5, 5.41) is 6.47. The van der Waals surface area contributed by atoms with Crippen LogP contribution >= 0.6 is 11.6 Å². The van der Waals surface area contributed by atoms with Crippen molar-refractivity contribution in [3.63, 3.8) is 0 Å². The molecule has 1 saturated heterocycles. The van der Waals surface area contributed by atoms with Crippen molar-refractivity contribution in [1.29, 1.82) is 0 Å². The second kappa shape index (κ2) is 8.88. The van der Waals surface area contributed by atoms with Crippen LogP contribution in [-0.4, -0.2) is 24.0 Å². The summed E-state index contributed by atoms with van der Waals surface area (Å²) in [4.78, 5) is 25.1. The van der Waals surface area contributed by atoms with E-state index in [-0.39, 0.29) is 41.5 Å². The molecule has 2 aromatic rings. The van der Waals surface area contributed by atoms with Crippen LogP contribution < -0.4 is 10.6 Å². The molecule has 0 bridgehead atoms. The predicted octanol–water partition coefficient (Wildman–Crippen LogP) is 3.82. The van der Waals surface area contributed by atoms with Crippen molar-refractivity contribution in [1.82, 2.24) is 10.6 Å². The maximum absolute atomic E-state index is 13.0. The average molecular weight is 429 g/mol. The van der Waals surface area contributed by atoms with Gasteiger partial charge in [0.15, 0.2) is 5.76 Å². The Hall–Kier alpha value is -2.86. The Balaban J connectivity index is 1.34. The summed E-state index contributed by atoms with van der Waals surface area (Å²) in [7, 11) is 0. The Labute approximate surface area is 179 Å². The number of morpholine rings is 1. The molecular weight excluding hydrogens is 407 g/mol. The molecule has 156 valence electrons. The zero-order chi connectivity index (χ0) is 21.1. The van der Waals surface area contributed by atoms with E-state index in [0.29, 0.717) is 30.8 Å². The first-order chi connectivity index (χ1) is 14.5. The van der Waals surface area contributed by atoms with Crippen molar-refractivity contribution in [3.8, 4) is 0 Å². The molecule has 1 aliphatic carbocycles. The lowest BCUT2D eigenvalue weighted by molar-refractivity contribution is -0.134. The third-order valence-corrected chi connectivity index (χ3v) is 5.74. The van der Waals surface area contributed by atoms with Crippen LogP contribution in [0.15, 0.2) is 54.3 Å². The van der Waals surface area contributed by atoms with Gasteiger partial charge in [-0.15, -0.1) is 0 Å². The molecule has 1 heterocycles. The van der Waals surface area contributed by atoms with Crippen molar-refractivity contribution < 1.29 is 18.7 Å². The normalized spacial score (nSPS) is 24.5. The third kappa shape index (κ3) is 4.82. The first-order valence-corrected chi connectivity index (χ1v) is 10.3. The number of halogens is 2. The monoisotopic (exact) mass is 428 g/mol. The van der Waals surface area contributed by atoms with Crippen LogP contribution in [0.3, 0.4) is 0 Å². The van der Waals surface area contributed by atoms with E-state index in [1.165, 1.54) is 12.1 Å². The second-order valence-electron chi connectivity index (χ2n) is 7.65. The Morgan fingerprint density at radius 2 is 2.03 bits per heavy atom. The molecule has 0 radical (unpaired) electrons. The molecule has 2 aliphatic rings. The molecule has 2 amide bonds. The zero-order valence-corrected chi connectivity index (χ0v) is 17.0. The SMILES string of the molecule is O=C1NC2CC(C(=O)NCc3ccc(F)cc3)CCC2O/C1=C/c1cccc(Cl)c1. The summed E-state index contributed by atoms with van der Waals surface area (Å²) in [6.07, 6.45) is 3.40. The molecule has 2 N–H and O–H groups in total. The van der Waals surface area contributed by atoms with Crippen LogP contribution in [0.4, 0.5) is 4.39 Å². The van der Waals surface area contributed by atoms with Gasteiger partial charge >= 0.3 is 0 Å². The van der Waals surface area contributed by atoms with E-state index in [2.05, 4.69) is 10.6 Å². The van der Waals surface area contributed by atoms with E-state index in [0.717, 1.165) is 11.1 Å². The van der Waals surface area contributed by atoms with Crippen LogP contribution in [0.25, 0.3) is 6.08 Å². The highest BCUT2D eigenvalue weighted by Gasteiger charge is 2.40. The minimum Gasteiger partial charge on any atom is -0.483 e. The molecule has 4 rings (SSSR count).